The maximum atomic E-state index is 11.3. The van der Waals surface area contributed by atoms with Gasteiger partial charge in [-0.3, -0.25) is 4.79 Å². The molecule has 0 heterocycles. The monoisotopic (exact) mass is 222 g/mol. The number of hydrogen-bond acceptors (Lipinski definition) is 3. The van der Waals surface area contributed by atoms with E-state index in [0.717, 1.165) is 12.0 Å². The minimum atomic E-state index is -0.0516. The van der Waals surface area contributed by atoms with Crippen LogP contribution in [0.3, 0.4) is 0 Å². The lowest BCUT2D eigenvalue weighted by Gasteiger charge is -2.11. The minimum absolute atomic E-state index is 0.0516. The Morgan fingerprint density at radius 1 is 1.44 bits per heavy atom. The zero-order valence-electron chi connectivity index (χ0n) is 9.77. The Hall–Kier alpha value is -1.55. The minimum Gasteiger partial charge on any atom is -0.484 e. The molecule has 0 saturated carbocycles. The molecule has 2 N–H and O–H groups in total. The lowest BCUT2D eigenvalue weighted by atomic mass is 10.1. The van der Waals surface area contributed by atoms with Crippen molar-refractivity contribution in [2.24, 2.45) is 5.73 Å². The summed E-state index contributed by atoms with van der Waals surface area (Å²) >= 11 is 0. The van der Waals surface area contributed by atoms with Crippen LogP contribution < -0.4 is 10.5 Å². The number of nitrogens with zero attached hydrogens (tertiary/aromatic N) is 1. The number of carbonyl (C=O) groups excluding carboxylic acids is 1. The van der Waals surface area contributed by atoms with Crippen molar-refractivity contribution >= 4 is 5.91 Å². The van der Waals surface area contributed by atoms with Crippen LogP contribution in [-0.2, 0) is 11.2 Å². The topological polar surface area (TPSA) is 55.6 Å². The molecule has 16 heavy (non-hydrogen) atoms. The zero-order valence-corrected chi connectivity index (χ0v) is 9.77. The Labute approximate surface area is 96.0 Å². The number of carbonyl (C=O) groups is 1. The molecule has 4 heteroatoms. The molecule has 0 aromatic heterocycles. The third-order valence-electron chi connectivity index (χ3n) is 2.19. The number of nitrogens with two attached hydrogens (primary N) is 1. The van der Waals surface area contributed by atoms with Gasteiger partial charge < -0.3 is 15.4 Å². The first kappa shape index (κ1) is 12.5. The molecule has 0 atom stereocenters. The van der Waals surface area contributed by atoms with Crippen LogP contribution in [0.15, 0.2) is 24.3 Å². The molecule has 0 bridgehead atoms. The third-order valence-corrected chi connectivity index (χ3v) is 2.19. The summed E-state index contributed by atoms with van der Waals surface area (Å²) in [5, 5.41) is 0. The molecule has 0 saturated heterocycles. The van der Waals surface area contributed by atoms with E-state index in [9.17, 15) is 4.79 Å². The number of rotatable bonds is 5. The van der Waals surface area contributed by atoms with Gasteiger partial charge in [-0.1, -0.05) is 12.1 Å². The predicted octanol–water partition coefficient (Wildman–Crippen LogP) is 0.655. The average molecular weight is 222 g/mol. The second kappa shape index (κ2) is 6.12. The standard InChI is InChI=1S/C12H18N2O2/c1-14(2)12(15)9-16-11-5-3-4-10(8-11)6-7-13/h3-5,8H,6-7,9,13H2,1-2H3. The second-order valence-corrected chi connectivity index (χ2v) is 3.76. The molecule has 88 valence electrons. The molecule has 0 aliphatic carbocycles. The van der Waals surface area contributed by atoms with Crippen molar-refractivity contribution in [3.05, 3.63) is 29.8 Å². The molecule has 0 aliphatic heterocycles. The van der Waals surface area contributed by atoms with Crippen molar-refractivity contribution < 1.29 is 9.53 Å². The Kier molecular flexibility index (Phi) is 4.79. The smallest absolute Gasteiger partial charge is 0.259 e. The first-order valence-electron chi connectivity index (χ1n) is 5.25. The van der Waals surface area contributed by atoms with Gasteiger partial charge in [0, 0.05) is 14.1 Å². The molecular weight excluding hydrogens is 204 g/mol. The molecule has 1 aromatic rings. The maximum Gasteiger partial charge on any atom is 0.259 e. The fraction of sp³-hybridized carbons (Fsp3) is 0.417. The summed E-state index contributed by atoms with van der Waals surface area (Å²) in [6, 6.07) is 7.65. The molecule has 1 rings (SSSR count). The summed E-state index contributed by atoms with van der Waals surface area (Å²) in [7, 11) is 3.41. The van der Waals surface area contributed by atoms with Gasteiger partial charge >= 0.3 is 0 Å². The van der Waals surface area contributed by atoms with E-state index < -0.39 is 0 Å². The Bertz CT molecular complexity index is 351. The number of ether oxygens (including phenoxy) is 1. The van der Waals surface area contributed by atoms with Crippen molar-refractivity contribution in [1.82, 2.24) is 4.90 Å². The fourth-order valence-electron chi connectivity index (χ4n) is 1.23. The van der Waals surface area contributed by atoms with Crippen LogP contribution in [0.5, 0.6) is 5.75 Å². The van der Waals surface area contributed by atoms with Crippen molar-refractivity contribution in [2.45, 2.75) is 6.42 Å². The summed E-state index contributed by atoms with van der Waals surface area (Å²) in [5.41, 5.74) is 6.59. The normalized spacial score (nSPS) is 9.94. The SMILES string of the molecule is CN(C)C(=O)COc1cccc(CCN)c1. The molecule has 0 unspecified atom stereocenters. The maximum absolute atomic E-state index is 11.3. The van der Waals surface area contributed by atoms with E-state index in [-0.39, 0.29) is 12.5 Å². The highest BCUT2D eigenvalue weighted by Crippen LogP contribution is 2.13. The van der Waals surface area contributed by atoms with Gasteiger partial charge in [0.05, 0.1) is 0 Å². The van der Waals surface area contributed by atoms with E-state index in [4.69, 9.17) is 10.5 Å². The van der Waals surface area contributed by atoms with Crippen LogP contribution in [0.2, 0.25) is 0 Å². The third kappa shape index (κ3) is 3.90. The average Bonchev–Trinajstić information content (AvgIpc) is 2.26. The second-order valence-electron chi connectivity index (χ2n) is 3.76. The van der Waals surface area contributed by atoms with Crippen LogP contribution in [0, 0.1) is 0 Å². The summed E-state index contributed by atoms with van der Waals surface area (Å²) in [6.07, 6.45) is 0.818. The predicted molar refractivity (Wildman–Crippen MR) is 63.4 cm³/mol. The van der Waals surface area contributed by atoms with Crippen molar-refractivity contribution in [3.8, 4) is 5.75 Å². The summed E-state index contributed by atoms with van der Waals surface area (Å²) in [5.74, 6) is 0.658. The van der Waals surface area contributed by atoms with Crippen molar-refractivity contribution in [1.29, 1.82) is 0 Å². The zero-order chi connectivity index (χ0) is 12.0. The van der Waals surface area contributed by atoms with E-state index in [0.29, 0.717) is 12.3 Å². The number of amides is 1. The van der Waals surface area contributed by atoms with Gasteiger partial charge in [0.2, 0.25) is 0 Å². The van der Waals surface area contributed by atoms with E-state index in [1.807, 2.05) is 24.3 Å². The Morgan fingerprint density at radius 3 is 2.81 bits per heavy atom. The van der Waals surface area contributed by atoms with E-state index in [1.165, 1.54) is 4.90 Å². The van der Waals surface area contributed by atoms with E-state index >= 15 is 0 Å². The van der Waals surface area contributed by atoms with Crippen molar-refractivity contribution in [3.63, 3.8) is 0 Å². The van der Waals surface area contributed by atoms with Gasteiger partial charge in [-0.25, -0.2) is 0 Å². The van der Waals surface area contributed by atoms with Crippen LogP contribution >= 0.6 is 0 Å². The van der Waals surface area contributed by atoms with Gasteiger partial charge in [-0.2, -0.15) is 0 Å². The van der Waals surface area contributed by atoms with Gasteiger partial charge in [-0.05, 0) is 30.7 Å². The molecule has 0 radical (unpaired) electrons. The van der Waals surface area contributed by atoms with Crippen molar-refractivity contribution in [2.75, 3.05) is 27.2 Å². The summed E-state index contributed by atoms with van der Waals surface area (Å²) in [6.45, 7) is 0.680. The Morgan fingerprint density at radius 2 is 2.19 bits per heavy atom. The van der Waals surface area contributed by atoms with Crippen LogP contribution in [-0.4, -0.2) is 38.1 Å². The van der Waals surface area contributed by atoms with Crippen LogP contribution in [0.25, 0.3) is 0 Å². The molecule has 0 aliphatic rings. The van der Waals surface area contributed by atoms with E-state index in [2.05, 4.69) is 0 Å². The quantitative estimate of drug-likeness (QED) is 0.796. The molecule has 0 fully saturated rings. The van der Waals surface area contributed by atoms with E-state index in [1.54, 1.807) is 14.1 Å². The highest BCUT2D eigenvalue weighted by molar-refractivity contribution is 5.77. The molecule has 1 aromatic carbocycles. The highest BCUT2D eigenvalue weighted by Gasteiger charge is 2.04. The number of benzene rings is 1. The first-order valence-corrected chi connectivity index (χ1v) is 5.25. The lowest BCUT2D eigenvalue weighted by molar-refractivity contribution is -0.130. The van der Waals surface area contributed by atoms with Gasteiger partial charge in [0.15, 0.2) is 6.61 Å². The molecule has 0 spiro atoms. The highest BCUT2D eigenvalue weighted by atomic mass is 16.5. The van der Waals surface area contributed by atoms with Crippen LogP contribution in [0.1, 0.15) is 5.56 Å². The largest absolute Gasteiger partial charge is 0.484 e. The fourth-order valence-corrected chi connectivity index (χ4v) is 1.23. The van der Waals surface area contributed by atoms with Gasteiger partial charge in [-0.15, -0.1) is 0 Å². The summed E-state index contributed by atoms with van der Waals surface area (Å²) in [4.78, 5) is 12.8. The lowest BCUT2D eigenvalue weighted by Crippen LogP contribution is -2.27. The first-order chi connectivity index (χ1) is 7.63. The van der Waals surface area contributed by atoms with Gasteiger partial charge in [0.25, 0.3) is 5.91 Å². The van der Waals surface area contributed by atoms with Gasteiger partial charge in [0.1, 0.15) is 5.75 Å². The Balaban J connectivity index is 2.53. The van der Waals surface area contributed by atoms with Crippen LogP contribution in [0.4, 0.5) is 0 Å². The number of likely N-dealkylation sites (N-methyl/N-ethyl adjacent to an activating group) is 1. The number of hydrogen-bond donors (Lipinski definition) is 1. The summed E-state index contributed by atoms with van der Waals surface area (Å²) < 4.78 is 5.38. The molecular formula is C12H18N2O2. The molecule has 1 amide bonds. The molecule has 4 nitrogen and oxygen atoms in total.